The van der Waals surface area contributed by atoms with Crippen LogP contribution in [0.15, 0.2) is 27.8 Å². The monoisotopic (exact) mass is 286 g/mol. The molecule has 0 aliphatic carbocycles. The molecule has 0 aliphatic heterocycles. The highest BCUT2D eigenvalue weighted by molar-refractivity contribution is 6.03. The lowest BCUT2D eigenvalue weighted by Crippen LogP contribution is -2.18. The fraction of sp³-hybridized carbons (Fsp3) is 0.200. The maximum absolute atomic E-state index is 11.9. The van der Waals surface area contributed by atoms with Gasteiger partial charge in [0.25, 0.3) is 5.56 Å². The maximum atomic E-state index is 11.9. The first-order valence-corrected chi connectivity index (χ1v) is 6.43. The van der Waals surface area contributed by atoms with E-state index in [-0.39, 0.29) is 29.0 Å². The van der Waals surface area contributed by atoms with Crippen LogP contribution < -0.4 is 11.1 Å². The van der Waals surface area contributed by atoms with Crippen molar-refractivity contribution >= 4 is 21.8 Å². The van der Waals surface area contributed by atoms with Gasteiger partial charge in [0, 0.05) is 30.0 Å². The first kappa shape index (κ1) is 13.4. The van der Waals surface area contributed by atoms with Crippen LogP contribution in [0.1, 0.15) is 11.1 Å². The molecule has 3 rings (SSSR count). The molecule has 0 radical (unpaired) electrons. The number of phenols is 1. The predicted octanol–water partition coefficient (Wildman–Crippen LogP) is 0.886. The van der Waals surface area contributed by atoms with Crippen molar-refractivity contribution in [2.24, 2.45) is 7.05 Å². The summed E-state index contributed by atoms with van der Waals surface area (Å²) < 4.78 is 1.30. The fourth-order valence-corrected chi connectivity index (χ4v) is 2.68. The second kappa shape index (κ2) is 4.46. The SMILES string of the molecule is Cc1cc(=O)[nH]c2c(O)c3c(cc12)c(CO)cc(=O)n3C. The van der Waals surface area contributed by atoms with E-state index in [0.29, 0.717) is 27.4 Å². The number of aryl methyl sites for hydroxylation is 2. The van der Waals surface area contributed by atoms with Gasteiger partial charge in [0.2, 0.25) is 5.56 Å². The molecular formula is C15H14N2O4. The van der Waals surface area contributed by atoms with Crippen LogP contribution in [-0.2, 0) is 13.7 Å². The van der Waals surface area contributed by atoms with E-state index in [1.165, 1.54) is 23.7 Å². The highest BCUT2D eigenvalue weighted by Gasteiger charge is 2.15. The van der Waals surface area contributed by atoms with E-state index in [4.69, 9.17) is 0 Å². The lowest BCUT2D eigenvalue weighted by atomic mass is 10.0. The van der Waals surface area contributed by atoms with E-state index in [1.54, 1.807) is 13.0 Å². The normalized spacial score (nSPS) is 11.4. The molecular weight excluding hydrogens is 272 g/mol. The number of H-pyrrole nitrogens is 1. The molecule has 3 aromatic rings. The average Bonchev–Trinajstić information content (AvgIpc) is 2.43. The number of fused-ring (bicyclic) bond motifs is 2. The summed E-state index contributed by atoms with van der Waals surface area (Å²) in [6.07, 6.45) is 0. The van der Waals surface area contributed by atoms with Gasteiger partial charge < -0.3 is 19.8 Å². The highest BCUT2D eigenvalue weighted by atomic mass is 16.3. The van der Waals surface area contributed by atoms with Crippen molar-refractivity contribution in [1.29, 1.82) is 0 Å². The van der Waals surface area contributed by atoms with Gasteiger partial charge in [-0.3, -0.25) is 9.59 Å². The van der Waals surface area contributed by atoms with Crippen molar-refractivity contribution in [2.75, 3.05) is 0 Å². The Balaban J connectivity index is 2.69. The van der Waals surface area contributed by atoms with E-state index >= 15 is 0 Å². The van der Waals surface area contributed by atoms with Crippen LogP contribution in [0.5, 0.6) is 5.75 Å². The third kappa shape index (κ3) is 1.84. The number of nitrogens with one attached hydrogen (secondary N) is 1. The van der Waals surface area contributed by atoms with Crippen LogP contribution >= 0.6 is 0 Å². The van der Waals surface area contributed by atoms with Gasteiger partial charge in [0.1, 0.15) is 0 Å². The summed E-state index contributed by atoms with van der Waals surface area (Å²) in [6.45, 7) is 1.46. The number of pyridine rings is 2. The number of benzene rings is 1. The summed E-state index contributed by atoms with van der Waals surface area (Å²) in [7, 11) is 1.53. The second-order valence-electron chi connectivity index (χ2n) is 5.09. The number of rotatable bonds is 1. The minimum absolute atomic E-state index is 0.168. The number of aliphatic hydroxyl groups excluding tert-OH is 1. The number of aromatic nitrogens is 2. The summed E-state index contributed by atoms with van der Waals surface area (Å²) in [4.78, 5) is 26.1. The number of nitrogens with zero attached hydrogens (tertiary/aromatic N) is 1. The lowest BCUT2D eigenvalue weighted by Gasteiger charge is -2.13. The minimum Gasteiger partial charge on any atom is -0.504 e. The molecule has 1 aromatic carbocycles. The van der Waals surface area contributed by atoms with Crippen molar-refractivity contribution in [3.8, 4) is 5.75 Å². The molecule has 6 nitrogen and oxygen atoms in total. The minimum atomic E-state index is -0.337. The van der Waals surface area contributed by atoms with Gasteiger partial charge in [-0.15, -0.1) is 0 Å². The molecule has 6 heteroatoms. The fourth-order valence-electron chi connectivity index (χ4n) is 2.68. The molecule has 0 fully saturated rings. The van der Waals surface area contributed by atoms with Crippen LogP contribution in [0.3, 0.4) is 0 Å². The van der Waals surface area contributed by atoms with Gasteiger partial charge in [-0.05, 0) is 24.1 Å². The zero-order chi connectivity index (χ0) is 15.3. The largest absolute Gasteiger partial charge is 0.504 e. The number of hydrogen-bond donors (Lipinski definition) is 3. The molecule has 2 aromatic heterocycles. The van der Waals surface area contributed by atoms with Gasteiger partial charge in [-0.2, -0.15) is 0 Å². The number of aromatic hydroxyl groups is 1. The van der Waals surface area contributed by atoms with Crippen molar-refractivity contribution in [3.05, 3.63) is 50.0 Å². The molecule has 0 bridgehead atoms. The zero-order valence-electron chi connectivity index (χ0n) is 11.6. The van der Waals surface area contributed by atoms with Crippen LogP contribution in [0.4, 0.5) is 0 Å². The molecule has 0 saturated heterocycles. The Bertz CT molecular complexity index is 999. The maximum Gasteiger partial charge on any atom is 0.251 e. The molecule has 21 heavy (non-hydrogen) atoms. The van der Waals surface area contributed by atoms with Gasteiger partial charge in [-0.25, -0.2) is 0 Å². The molecule has 0 spiro atoms. The molecule has 3 N–H and O–H groups in total. The lowest BCUT2D eigenvalue weighted by molar-refractivity contribution is 0.283. The standard InChI is InChI=1S/C15H14N2O4/c1-7-3-11(19)16-13-9(7)5-10-8(6-18)4-12(20)17(2)14(10)15(13)21/h3-5,18,21H,6H2,1-2H3,(H,16,19). The van der Waals surface area contributed by atoms with Crippen molar-refractivity contribution < 1.29 is 10.2 Å². The second-order valence-corrected chi connectivity index (χ2v) is 5.09. The Morgan fingerprint density at radius 1 is 1.19 bits per heavy atom. The van der Waals surface area contributed by atoms with Gasteiger partial charge in [0.05, 0.1) is 17.6 Å². The number of hydrogen-bond acceptors (Lipinski definition) is 4. The number of aromatic amines is 1. The third-order valence-electron chi connectivity index (χ3n) is 3.77. The Kier molecular flexibility index (Phi) is 2.84. The molecule has 108 valence electrons. The van der Waals surface area contributed by atoms with Crippen molar-refractivity contribution in [2.45, 2.75) is 13.5 Å². The Labute approximate surface area is 118 Å². The van der Waals surface area contributed by atoms with E-state index < -0.39 is 0 Å². The van der Waals surface area contributed by atoms with Crippen LogP contribution in [-0.4, -0.2) is 19.8 Å². The Hall–Kier alpha value is -2.60. The van der Waals surface area contributed by atoms with Crippen molar-refractivity contribution in [1.82, 2.24) is 9.55 Å². The topological polar surface area (TPSA) is 95.3 Å². The predicted molar refractivity (Wildman–Crippen MR) is 79.6 cm³/mol. The summed E-state index contributed by atoms with van der Waals surface area (Å²) in [6, 6.07) is 4.55. The summed E-state index contributed by atoms with van der Waals surface area (Å²) in [5.74, 6) is -0.168. The summed E-state index contributed by atoms with van der Waals surface area (Å²) >= 11 is 0. The van der Waals surface area contributed by atoms with E-state index in [2.05, 4.69) is 4.98 Å². The molecule has 0 atom stereocenters. The van der Waals surface area contributed by atoms with Gasteiger partial charge in [-0.1, -0.05) is 0 Å². The highest BCUT2D eigenvalue weighted by Crippen LogP contribution is 2.33. The van der Waals surface area contributed by atoms with Crippen molar-refractivity contribution in [3.63, 3.8) is 0 Å². The summed E-state index contributed by atoms with van der Waals surface area (Å²) in [5, 5.41) is 21.2. The average molecular weight is 286 g/mol. The first-order valence-electron chi connectivity index (χ1n) is 6.43. The van der Waals surface area contributed by atoms with E-state index in [1.807, 2.05) is 0 Å². The molecule has 0 amide bonds. The molecule has 0 unspecified atom stereocenters. The van der Waals surface area contributed by atoms with E-state index in [9.17, 15) is 19.8 Å². The smallest absolute Gasteiger partial charge is 0.251 e. The quantitative estimate of drug-likeness (QED) is 0.579. The number of aliphatic hydroxyl groups is 1. The number of phenolic OH excluding ortho intramolecular Hbond substituents is 1. The molecule has 0 aliphatic rings. The van der Waals surface area contributed by atoms with Gasteiger partial charge in [0.15, 0.2) is 5.75 Å². The van der Waals surface area contributed by atoms with Gasteiger partial charge >= 0.3 is 0 Å². The zero-order valence-corrected chi connectivity index (χ0v) is 11.6. The van der Waals surface area contributed by atoms with Crippen LogP contribution in [0.2, 0.25) is 0 Å². The van der Waals surface area contributed by atoms with Crippen LogP contribution in [0, 0.1) is 6.92 Å². The van der Waals surface area contributed by atoms with Crippen LogP contribution in [0.25, 0.3) is 21.8 Å². The Morgan fingerprint density at radius 3 is 2.57 bits per heavy atom. The molecule has 0 saturated carbocycles. The molecule has 2 heterocycles. The Morgan fingerprint density at radius 2 is 1.90 bits per heavy atom. The summed E-state index contributed by atoms with van der Waals surface area (Å²) in [5.41, 5.74) is 1.08. The first-order chi connectivity index (χ1) is 9.93. The third-order valence-corrected chi connectivity index (χ3v) is 3.77. The van der Waals surface area contributed by atoms with E-state index in [0.717, 1.165) is 0 Å².